The molecule has 0 rings (SSSR count). The van der Waals surface area contributed by atoms with Crippen LogP contribution >= 0.6 is 0 Å². The van der Waals surface area contributed by atoms with Crippen LogP contribution in [0.4, 0.5) is 0 Å². The molecule has 0 amide bonds. The molecule has 0 N–H and O–H groups in total. The molecule has 0 aliphatic heterocycles. The van der Waals surface area contributed by atoms with Crippen LogP contribution in [0.25, 0.3) is 0 Å². The van der Waals surface area contributed by atoms with Crippen LogP contribution in [0.5, 0.6) is 0 Å². The summed E-state index contributed by atoms with van der Waals surface area (Å²) in [5, 5.41) is 0. The van der Waals surface area contributed by atoms with Gasteiger partial charge in [0.15, 0.2) is 6.10 Å². The highest BCUT2D eigenvalue weighted by Gasteiger charge is 2.19. The number of hydrogen-bond donors (Lipinski definition) is 0. The number of rotatable bonds is 40. The standard InChI is InChI=1S/C46H88O6/c1-6-8-9-10-19-28-33-38-46(49)52-43(40-51-45(48)37-32-27-23-22-24-29-34-41(3)4)39-50-44(47)36-31-26-21-18-16-14-12-11-13-15-17-20-25-30-35-42(5)7-2/h41-43H,6-40H2,1-5H3/t42?,43-/m0/s1. The SMILES string of the molecule is CCCCCCCCCC(=O)O[C@@H](COC(=O)CCCCCCCCCCCCCCCCC(C)CC)COC(=O)CCCCCCCCC(C)C. The van der Waals surface area contributed by atoms with Gasteiger partial charge >= 0.3 is 17.9 Å². The smallest absolute Gasteiger partial charge is 0.306 e. The molecule has 0 saturated heterocycles. The summed E-state index contributed by atoms with van der Waals surface area (Å²) in [6, 6.07) is 0. The monoisotopic (exact) mass is 737 g/mol. The molecule has 0 bridgehead atoms. The molecule has 6 nitrogen and oxygen atoms in total. The first-order valence-corrected chi connectivity index (χ1v) is 22.8. The molecular weight excluding hydrogens is 649 g/mol. The molecule has 0 saturated carbocycles. The fourth-order valence-electron chi connectivity index (χ4n) is 6.72. The van der Waals surface area contributed by atoms with E-state index >= 15 is 0 Å². The Morgan fingerprint density at radius 3 is 1.10 bits per heavy atom. The molecule has 0 aliphatic rings. The Morgan fingerprint density at radius 1 is 0.404 bits per heavy atom. The number of unbranched alkanes of at least 4 members (excludes halogenated alkanes) is 24. The largest absolute Gasteiger partial charge is 0.462 e. The third-order valence-corrected chi connectivity index (χ3v) is 10.6. The van der Waals surface area contributed by atoms with Crippen molar-refractivity contribution in [3.8, 4) is 0 Å². The van der Waals surface area contributed by atoms with Gasteiger partial charge in [0, 0.05) is 19.3 Å². The molecule has 0 fully saturated rings. The van der Waals surface area contributed by atoms with Crippen molar-refractivity contribution >= 4 is 17.9 Å². The van der Waals surface area contributed by atoms with Gasteiger partial charge in [0.1, 0.15) is 13.2 Å². The summed E-state index contributed by atoms with van der Waals surface area (Å²) in [6.45, 7) is 11.3. The summed E-state index contributed by atoms with van der Waals surface area (Å²) in [5.41, 5.74) is 0. The Bertz CT molecular complexity index is 796. The minimum atomic E-state index is -0.759. The van der Waals surface area contributed by atoms with Crippen molar-refractivity contribution in [3.05, 3.63) is 0 Å². The van der Waals surface area contributed by atoms with E-state index in [4.69, 9.17) is 14.2 Å². The first kappa shape index (κ1) is 50.4. The van der Waals surface area contributed by atoms with Gasteiger partial charge in [0.2, 0.25) is 0 Å². The summed E-state index contributed by atoms with van der Waals surface area (Å²) >= 11 is 0. The lowest BCUT2D eigenvalue weighted by atomic mass is 9.99. The molecule has 0 heterocycles. The van der Waals surface area contributed by atoms with Crippen molar-refractivity contribution in [3.63, 3.8) is 0 Å². The van der Waals surface area contributed by atoms with E-state index in [0.29, 0.717) is 19.3 Å². The third kappa shape index (κ3) is 38.1. The normalized spacial score (nSPS) is 12.6. The van der Waals surface area contributed by atoms with Gasteiger partial charge in [0.25, 0.3) is 0 Å². The minimum Gasteiger partial charge on any atom is -0.462 e. The number of ether oxygens (including phenoxy) is 3. The van der Waals surface area contributed by atoms with Crippen LogP contribution in [0.3, 0.4) is 0 Å². The first-order chi connectivity index (χ1) is 25.3. The van der Waals surface area contributed by atoms with Crippen molar-refractivity contribution in [1.29, 1.82) is 0 Å². The van der Waals surface area contributed by atoms with Gasteiger partial charge < -0.3 is 14.2 Å². The maximum Gasteiger partial charge on any atom is 0.306 e. The summed E-state index contributed by atoms with van der Waals surface area (Å²) in [6.07, 6.45) is 36.8. The zero-order valence-corrected chi connectivity index (χ0v) is 35.4. The van der Waals surface area contributed by atoms with Gasteiger partial charge in [-0.15, -0.1) is 0 Å². The van der Waals surface area contributed by atoms with Crippen molar-refractivity contribution in [2.45, 2.75) is 253 Å². The molecule has 2 atom stereocenters. The highest BCUT2D eigenvalue weighted by molar-refractivity contribution is 5.71. The molecule has 0 aliphatic carbocycles. The van der Waals surface area contributed by atoms with Gasteiger partial charge in [-0.1, -0.05) is 208 Å². The van der Waals surface area contributed by atoms with Gasteiger partial charge in [0.05, 0.1) is 0 Å². The second-order valence-corrected chi connectivity index (χ2v) is 16.4. The number of hydrogen-bond acceptors (Lipinski definition) is 6. The second kappa shape index (κ2) is 39.1. The molecule has 308 valence electrons. The van der Waals surface area contributed by atoms with E-state index in [-0.39, 0.29) is 31.1 Å². The average Bonchev–Trinajstić information content (AvgIpc) is 3.12. The summed E-state index contributed by atoms with van der Waals surface area (Å²) in [5.74, 6) is 0.791. The molecule has 0 aromatic carbocycles. The van der Waals surface area contributed by atoms with Crippen LogP contribution in [0.1, 0.15) is 247 Å². The fourth-order valence-corrected chi connectivity index (χ4v) is 6.72. The zero-order chi connectivity index (χ0) is 38.3. The van der Waals surface area contributed by atoms with E-state index in [1.165, 1.54) is 135 Å². The Kier molecular flexibility index (Phi) is 37.9. The average molecular weight is 737 g/mol. The van der Waals surface area contributed by atoms with E-state index in [9.17, 15) is 14.4 Å². The molecule has 0 spiro atoms. The fraction of sp³-hybridized carbons (Fsp3) is 0.935. The molecule has 0 radical (unpaired) electrons. The van der Waals surface area contributed by atoms with Crippen molar-refractivity contribution in [2.24, 2.45) is 11.8 Å². The molecule has 0 aromatic rings. The summed E-state index contributed by atoms with van der Waals surface area (Å²) in [7, 11) is 0. The van der Waals surface area contributed by atoms with Gasteiger partial charge in [-0.3, -0.25) is 14.4 Å². The first-order valence-electron chi connectivity index (χ1n) is 22.8. The van der Waals surface area contributed by atoms with Crippen LogP contribution in [0.2, 0.25) is 0 Å². The Labute approximate surface area is 323 Å². The minimum absolute atomic E-state index is 0.0660. The topological polar surface area (TPSA) is 78.9 Å². The predicted molar refractivity (Wildman–Crippen MR) is 220 cm³/mol. The quantitative estimate of drug-likeness (QED) is 0.0354. The van der Waals surface area contributed by atoms with Crippen LogP contribution in [0.15, 0.2) is 0 Å². The van der Waals surface area contributed by atoms with Crippen molar-refractivity contribution in [1.82, 2.24) is 0 Å². The number of esters is 3. The van der Waals surface area contributed by atoms with Crippen LogP contribution in [-0.4, -0.2) is 37.2 Å². The van der Waals surface area contributed by atoms with E-state index in [2.05, 4.69) is 34.6 Å². The lowest BCUT2D eigenvalue weighted by molar-refractivity contribution is -0.167. The summed E-state index contributed by atoms with van der Waals surface area (Å²) < 4.78 is 16.6. The number of carbonyl (C=O) groups is 3. The van der Waals surface area contributed by atoms with Gasteiger partial charge in [-0.05, 0) is 31.1 Å². The molecule has 52 heavy (non-hydrogen) atoms. The second-order valence-electron chi connectivity index (χ2n) is 16.4. The Morgan fingerprint density at radius 2 is 0.731 bits per heavy atom. The van der Waals surface area contributed by atoms with Crippen molar-refractivity contribution < 1.29 is 28.6 Å². The zero-order valence-electron chi connectivity index (χ0n) is 35.4. The number of carbonyl (C=O) groups excluding carboxylic acids is 3. The molecule has 0 aromatic heterocycles. The van der Waals surface area contributed by atoms with Gasteiger partial charge in [-0.25, -0.2) is 0 Å². The maximum absolute atomic E-state index is 12.6. The Balaban J connectivity index is 4.16. The Hall–Kier alpha value is -1.59. The molecule has 6 heteroatoms. The van der Waals surface area contributed by atoms with Crippen LogP contribution < -0.4 is 0 Å². The van der Waals surface area contributed by atoms with E-state index in [0.717, 1.165) is 69.6 Å². The van der Waals surface area contributed by atoms with E-state index in [1.807, 2.05) is 0 Å². The summed E-state index contributed by atoms with van der Waals surface area (Å²) in [4.78, 5) is 37.5. The van der Waals surface area contributed by atoms with Crippen molar-refractivity contribution in [2.75, 3.05) is 13.2 Å². The highest BCUT2D eigenvalue weighted by Crippen LogP contribution is 2.17. The highest BCUT2D eigenvalue weighted by atomic mass is 16.6. The van der Waals surface area contributed by atoms with Gasteiger partial charge in [-0.2, -0.15) is 0 Å². The molecule has 1 unspecified atom stereocenters. The maximum atomic E-state index is 12.6. The van der Waals surface area contributed by atoms with Crippen LogP contribution in [0, 0.1) is 11.8 Å². The molecular formula is C46H88O6. The van der Waals surface area contributed by atoms with E-state index < -0.39 is 6.10 Å². The van der Waals surface area contributed by atoms with E-state index in [1.54, 1.807) is 0 Å². The lowest BCUT2D eigenvalue weighted by Gasteiger charge is -2.18. The lowest BCUT2D eigenvalue weighted by Crippen LogP contribution is -2.30. The predicted octanol–water partition coefficient (Wildman–Crippen LogP) is 14.2. The van der Waals surface area contributed by atoms with Crippen LogP contribution in [-0.2, 0) is 28.6 Å². The third-order valence-electron chi connectivity index (χ3n) is 10.6.